The molecule has 1 atom stereocenters. The minimum atomic E-state index is -0.540. The Morgan fingerprint density at radius 3 is 2.56 bits per heavy atom. The van der Waals surface area contributed by atoms with Crippen molar-refractivity contribution in [1.82, 2.24) is 10.6 Å². The SMILES string of the molecule is O=C1CC(NCC2(O)CCCCCC2)CN1. The molecule has 0 aromatic carbocycles. The molecule has 1 aliphatic carbocycles. The van der Waals surface area contributed by atoms with Gasteiger partial charge in [0.15, 0.2) is 0 Å². The molecule has 4 heteroatoms. The molecule has 2 rings (SSSR count). The maximum atomic E-state index is 11.0. The van der Waals surface area contributed by atoms with E-state index in [1.54, 1.807) is 0 Å². The third-order valence-corrected chi connectivity index (χ3v) is 3.73. The summed E-state index contributed by atoms with van der Waals surface area (Å²) in [5.41, 5.74) is -0.540. The van der Waals surface area contributed by atoms with Crippen molar-refractivity contribution in [3.63, 3.8) is 0 Å². The van der Waals surface area contributed by atoms with Crippen molar-refractivity contribution in [2.24, 2.45) is 0 Å². The normalized spacial score (nSPS) is 29.8. The molecule has 0 aromatic heterocycles. The summed E-state index contributed by atoms with van der Waals surface area (Å²) in [6.45, 7) is 1.33. The third-order valence-electron chi connectivity index (χ3n) is 3.73. The van der Waals surface area contributed by atoms with Gasteiger partial charge in [0.25, 0.3) is 0 Å². The van der Waals surface area contributed by atoms with Crippen LogP contribution in [0.2, 0.25) is 0 Å². The van der Waals surface area contributed by atoms with Crippen molar-refractivity contribution in [2.45, 2.75) is 56.6 Å². The van der Waals surface area contributed by atoms with Crippen LogP contribution in [0.25, 0.3) is 0 Å². The smallest absolute Gasteiger partial charge is 0.221 e. The second kappa shape index (κ2) is 5.15. The van der Waals surface area contributed by atoms with Crippen LogP contribution >= 0.6 is 0 Å². The first-order valence-electron chi connectivity index (χ1n) is 6.40. The van der Waals surface area contributed by atoms with Gasteiger partial charge < -0.3 is 15.7 Å². The zero-order valence-corrected chi connectivity index (χ0v) is 9.80. The highest BCUT2D eigenvalue weighted by atomic mass is 16.3. The summed E-state index contributed by atoms with van der Waals surface area (Å²) in [5.74, 6) is 0.116. The number of hydrogen-bond acceptors (Lipinski definition) is 3. The van der Waals surface area contributed by atoms with E-state index in [1.165, 1.54) is 12.8 Å². The molecule has 3 N–H and O–H groups in total. The Morgan fingerprint density at radius 2 is 2.00 bits per heavy atom. The highest BCUT2D eigenvalue weighted by Gasteiger charge is 2.30. The first-order valence-corrected chi connectivity index (χ1v) is 6.40. The Hall–Kier alpha value is -0.610. The van der Waals surface area contributed by atoms with Crippen molar-refractivity contribution in [1.29, 1.82) is 0 Å². The summed E-state index contributed by atoms with van der Waals surface area (Å²) >= 11 is 0. The summed E-state index contributed by atoms with van der Waals surface area (Å²) in [6.07, 6.45) is 7.08. The third kappa shape index (κ3) is 3.19. The summed E-state index contributed by atoms with van der Waals surface area (Å²) in [7, 11) is 0. The van der Waals surface area contributed by atoms with E-state index >= 15 is 0 Å². The predicted octanol–water partition coefficient (Wildman–Crippen LogP) is 0.550. The van der Waals surface area contributed by atoms with E-state index in [9.17, 15) is 9.90 Å². The molecule has 92 valence electrons. The average Bonchev–Trinajstić information content (AvgIpc) is 2.54. The van der Waals surface area contributed by atoms with Crippen molar-refractivity contribution in [2.75, 3.05) is 13.1 Å². The van der Waals surface area contributed by atoms with Gasteiger partial charge in [-0.1, -0.05) is 25.7 Å². The fourth-order valence-corrected chi connectivity index (χ4v) is 2.65. The molecule has 0 spiro atoms. The van der Waals surface area contributed by atoms with E-state index in [0.29, 0.717) is 19.5 Å². The van der Waals surface area contributed by atoms with Crippen molar-refractivity contribution >= 4 is 5.91 Å². The number of carbonyl (C=O) groups excluding carboxylic acids is 1. The molecule has 1 heterocycles. The number of carbonyl (C=O) groups is 1. The molecule has 2 fully saturated rings. The Bertz CT molecular complexity index is 247. The van der Waals surface area contributed by atoms with Crippen molar-refractivity contribution < 1.29 is 9.90 Å². The highest BCUT2D eigenvalue weighted by Crippen LogP contribution is 2.26. The topological polar surface area (TPSA) is 61.4 Å². The molecule has 2 aliphatic rings. The predicted molar refractivity (Wildman–Crippen MR) is 62.1 cm³/mol. The second-order valence-corrected chi connectivity index (χ2v) is 5.22. The minimum Gasteiger partial charge on any atom is -0.389 e. The summed E-state index contributed by atoms with van der Waals surface area (Å²) in [4.78, 5) is 11.0. The van der Waals surface area contributed by atoms with Gasteiger partial charge in [0.05, 0.1) is 5.60 Å². The van der Waals surface area contributed by atoms with Crippen LogP contribution in [0.4, 0.5) is 0 Å². The molecule has 1 saturated heterocycles. The van der Waals surface area contributed by atoms with Crippen LogP contribution in [0, 0.1) is 0 Å². The molecular formula is C12H22N2O2. The largest absolute Gasteiger partial charge is 0.389 e. The minimum absolute atomic E-state index is 0.116. The summed E-state index contributed by atoms with van der Waals surface area (Å²) in [5, 5.41) is 16.5. The van der Waals surface area contributed by atoms with Crippen LogP contribution in [0.1, 0.15) is 44.9 Å². The van der Waals surface area contributed by atoms with E-state index < -0.39 is 5.60 Å². The molecule has 4 nitrogen and oxygen atoms in total. The van der Waals surface area contributed by atoms with Gasteiger partial charge in [0.1, 0.15) is 0 Å². The quantitative estimate of drug-likeness (QED) is 0.616. The number of aliphatic hydroxyl groups is 1. The van der Waals surface area contributed by atoms with Gasteiger partial charge in [-0.05, 0) is 12.8 Å². The molecule has 0 aromatic rings. The average molecular weight is 226 g/mol. The fraction of sp³-hybridized carbons (Fsp3) is 0.917. The van der Waals surface area contributed by atoms with Crippen LogP contribution in [0.15, 0.2) is 0 Å². The Morgan fingerprint density at radius 1 is 1.31 bits per heavy atom. The number of rotatable bonds is 3. The van der Waals surface area contributed by atoms with Crippen molar-refractivity contribution in [3.8, 4) is 0 Å². The Labute approximate surface area is 96.8 Å². The summed E-state index contributed by atoms with van der Waals surface area (Å²) < 4.78 is 0. The molecular weight excluding hydrogens is 204 g/mol. The Balaban J connectivity index is 1.76. The van der Waals surface area contributed by atoms with E-state index in [-0.39, 0.29) is 11.9 Å². The lowest BCUT2D eigenvalue weighted by molar-refractivity contribution is -0.119. The number of hydrogen-bond donors (Lipinski definition) is 3. The van der Waals surface area contributed by atoms with Gasteiger partial charge in [0, 0.05) is 25.6 Å². The molecule has 1 amide bonds. The number of amides is 1. The maximum absolute atomic E-state index is 11.0. The van der Waals surface area contributed by atoms with Gasteiger partial charge in [0.2, 0.25) is 5.91 Å². The van der Waals surface area contributed by atoms with Crippen LogP contribution in [-0.2, 0) is 4.79 Å². The lowest BCUT2D eigenvalue weighted by Crippen LogP contribution is -2.44. The van der Waals surface area contributed by atoms with Gasteiger partial charge in [-0.2, -0.15) is 0 Å². The molecule has 1 aliphatic heterocycles. The monoisotopic (exact) mass is 226 g/mol. The van der Waals surface area contributed by atoms with Crippen LogP contribution in [-0.4, -0.2) is 35.7 Å². The van der Waals surface area contributed by atoms with Gasteiger partial charge in [-0.15, -0.1) is 0 Å². The second-order valence-electron chi connectivity index (χ2n) is 5.22. The van der Waals surface area contributed by atoms with Gasteiger partial charge >= 0.3 is 0 Å². The fourth-order valence-electron chi connectivity index (χ4n) is 2.65. The first kappa shape index (κ1) is 11.9. The van der Waals surface area contributed by atoms with Gasteiger partial charge in [-0.3, -0.25) is 4.79 Å². The standard InChI is InChI=1S/C12H22N2O2/c15-11-7-10(8-13-11)14-9-12(16)5-3-1-2-4-6-12/h10,14,16H,1-9H2,(H,13,15). The van der Waals surface area contributed by atoms with Crippen LogP contribution < -0.4 is 10.6 Å². The Kier molecular flexibility index (Phi) is 3.82. The van der Waals surface area contributed by atoms with Crippen molar-refractivity contribution in [3.05, 3.63) is 0 Å². The van der Waals surface area contributed by atoms with E-state index in [0.717, 1.165) is 25.7 Å². The molecule has 1 unspecified atom stereocenters. The van der Waals surface area contributed by atoms with E-state index in [4.69, 9.17) is 0 Å². The lowest BCUT2D eigenvalue weighted by atomic mass is 9.94. The maximum Gasteiger partial charge on any atom is 0.221 e. The van der Waals surface area contributed by atoms with Crippen LogP contribution in [0.5, 0.6) is 0 Å². The zero-order valence-electron chi connectivity index (χ0n) is 9.80. The summed E-state index contributed by atoms with van der Waals surface area (Å²) in [6, 6.07) is 0.208. The molecule has 16 heavy (non-hydrogen) atoms. The number of nitrogens with one attached hydrogen (secondary N) is 2. The molecule has 1 saturated carbocycles. The van der Waals surface area contributed by atoms with Gasteiger partial charge in [-0.25, -0.2) is 0 Å². The van der Waals surface area contributed by atoms with E-state index in [1.807, 2.05) is 0 Å². The molecule has 0 radical (unpaired) electrons. The van der Waals surface area contributed by atoms with Crippen LogP contribution in [0.3, 0.4) is 0 Å². The highest BCUT2D eigenvalue weighted by molar-refractivity contribution is 5.78. The zero-order chi connectivity index (χ0) is 11.4. The molecule has 0 bridgehead atoms. The lowest BCUT2D eigenvalue weighted by Gasteiger charge is -2.28. The first-order chi connectivity index (χ1) is 7.68. The van der Waals surface area contributed by atoms with E-state index in [2.05, 4.69) is 10.6 Å².